The Morgan fingerprint density at radius 2 is 0.706 bits per heavy atom. The average Bonchev–Trinajstić information content (AvgIpc) is 2.63. The molecule has 0 saturated heterocycles. The first kappa shape index (κ1) is 34.9. The first-order valence-corrected chi connectivity index (χ1v) is 21.5. The molecule has 0 N–H and O–H groups in total. The van der Waals surface area contributed by atoms with E-state index in [4.69, 9.17) is 22.8 Å². The van der Waals surface area contributed by atoms with Crippen LogP contribution in [0.15, 0.2) is 22.8 Å². The van der Waals surface area contributed by atoms with Gasteiger partial charge >= 0.3 is 7.51 Å². The van der Waals surface area contributed by atoms with Crippen LogP contribution in [0.2, 0.25) is 0 Å². The summed E-state index contributed by atoms with van der Waals surface area (Å²) in [4.78, 5) is 0. The predicted molar refractivity (Wildman–Crippen MR) is 164 cm³/mol. The Morgan fingerprint density at radius 1 is 0.412 bits per heavy atom. The first-order valence-electron chi connectivity index (χ1n) is 11.0. The zero-order valence-electron chi connectivity index (χ0n) is 25.2. The maximum absolute atomic E-state index is 5.66. The third-order valence-corrected chi connectivity index (χ3v) is 24.0. The van der Waals surface area contributed by atoms with Gasteiger partial charge in [-0.1, -0.05) is 0 Å². The second kappa shape index (κ2) is 12.6. The molecule has 0 aliphatic heterocycles. The van der Waals surface area contributed by atoms with Crippen LogP contribution in [0.5, 0.6) is 0 Å². The molecule has 0 spiro atoms. The maximum atomic E-state index is 5.66. The van der Waals surface area contributed by atoms with Crippen LogP contribution in [-0.2, 0) is 0 Å². The van der Waals surface area contributed by atoms with Gasteiger partial charge in [-0.25, -0.2) is 13.9 Å². The van der Waals surface area contributed by atoms with E-state index < -0.39 is 36.8 Å². The lowest BCUT2D eigenvalue weighted by atomic mass is 11.3. The van der Waals surface area contributed by atoms with E-state index in [1.165, 1.54) is 0 Å². The molecule has 0 heterocycles. The molecular formula is C18H54N11P5. The van der Waals surface area contributed by atoms with Gasteiger partial charge in [0.15, 0.2) is 0 Å². The molecule has 11 nitrogen and oxygen atoms in total. The van der Waals surface area contributed by atoms with E-state index in [-0.39, 0.29) is 0 Å². The number of hydrogen-bond acceptors (Lipinski definition) is 1. The van der Waals surface area contributed by atoms with Gasteiger partial charge in [-0.3, -0.25) is 23.4 Å². The van der Waals surface area contributed by atoms with E-state index in [2.05, 4.69) is 118 Å². The second-order valence-corrected chi connectivity index (χ2v) is 28.0. The van der Waals surface area contributed by atoms with Crippen LogP contribution in [0.1, 0.15) is 0 Å². The number of hydrogen-bond donors (Lipinski definition) is 0. The van der Waals surface area contributed by atoms with Crippen LogP contribution in [0.4, 0.5) is 0 Å². The van der Waals surface area contributed by atoms with E-state index in [0.29, 0.717) is 0 Å². The van der Waals surface area contributed by atoms with Gasteiger partial charge in [0.05, 0.1) is 0 Å². The van der Waals surface area contributed by atoms with Gasteiger partial charge in [-0.2, -0.15) is 13.5 Å². The first-order chi connectivity index (χ1) is 15.0. The highest BCUT2D eigenvalue weighted by Gasteiger charge is 2.36. The van der Waals surface area contributed by atoms with Crippen LogP contribution in [-0.4, -0.2) is 153 Å². The van der Waals surface area contributed by atoms with Crippen molar-refractivity contribution < 1.29 is 0 Å². The minimum atomic E-state index is -2.97. The lowest BCUT2D eigenvalue weighted by Crippen LogP contribution is -2.21. The summed E-state index contributed by atoms with van der Waals surface area (Å²) in [7, 11) is 15.4. The fraction of sp³-hybridized carbons (Fsp3) is 1.00. The number of nitrogens with zero attached hydrogens (tertiary/aromatic N) is 11. The molecular weight excluding hydrogens is 525 g/mol. The molecule has 0 bridgehead atoms. The van der Waals surface area contributed by atoms with Crippen molar-refractivity contribution in [3.8, 4) is 0 Å². The Bertz CT molecular complexity index is 885. The molecule has 0 rings (SSSR count). The van der Waals surface area contributed by atoms with Gasteiger partial charge in [-0.05, 0) is 125 Å². The Morgan fingerprint density at radius 3 is 0.882 bits per heavy atom. The Balaban J connectivity index is 8.73. The molecule has 0 radical (unpaired) electrons. The largest absolute Gasteiger partial charge is 0.307 e. The lowest BCUT2D eigenvalue weighted by molar-refractivity contribution is 0.560. The zero-order chi connectivity index (χ0) is 27.5. The normalized spacial score (nSPS) is 14.6. The van der Waals surface area contributed by atoms with E-state index in [9.17, 15) is 0 Å². The SMILES string of the molecule is CN=P(N=P(N=P(C)(C)C)(N=P(C)(N(C)C)N(C)C)N=P(C)(N(C)C)N(C)C)(N(C)C)N(C)C. The summed E-state index contributed by atoms with van der Waals surface area (Å²) in [6.07, 6.45) is 0. The average molecular weight is 580 g/mol. The minimum absolute atomic E-state index is 1.69. The molecule has 0 aliphatic rings. The van der Waals surface area contributed by atoms with Gasteiger partial charge in [0.2, 0.25) is 7.51 Å². The molecule has 0 saturated carbocycles. The standard InChI is InChI=1S/C18H54N11P5/c1-19-34(28(10)11,29(12)13)23-33(20-30(14,15)16,21-31(17,24(2)3)25(4)5)22-32(18,26(6)7)27(8)9/h1-18H3. The van der Waals surface area contributed by atoms with Crippen LogP contribution in [0, 0.1) is 0 Å². The monoisotopic (exact) mass is 579 g/mol. The molecule has 34 heavy (non-hydrogen) atoms. The van der Waals surface area contributed by atoms with Crippen molar-refractivity contribution >= 4 is 36.8 Å². The lowest BCUT2D eigenvalue weighted by Gasteiger charge is -2.39. The van der Waals surface area contributed by atoms with Gasteiger partial charge < -0.3 is 0 Å². The fourth-order valence-corrected chi connectivity index (χ4v) is 20.7. The minimum Gasteiger partial charge on any atom is -0.264 e. The van der Waals surface area contributed by atoms with E-state index in [1.807, 2.05) is 35.2 Å². The van der Waals surface area contributed by atoms with E-state index in [0.717, 1.165) is 0 Å². The predicted octanol–water partition coefficient (Wildman–Crippen LogP) is 6.29. The number of rotatable bonds is 10. The molecule has 0 aromatic rings. The quantitative estimate of drug-likeness (QED) is 0.283. The van der Waals surface area contributed by atoms with Crippen molar-refractivity contribution in [2.45, 2.75) is 0 Å². The molecule has 0 atom stereocenters. The van der Waals surface area contributed by atoms with E-state index in [1.54, 1.807) is 0 Å². The van der Waals surface area contributed by atoms with Crippen LogP contribution >= 0.6 is 36.8 Å². The molecule has 0 aliphatic carbocycles. The van der Waals surface area contributed by atoms with Crippen LogP contribution < -0.4 is 0 Å². The smallest absolute Gasteiger partial charge is 0.264 e. The van der Waals surface area contributed by atoms with E-state index >= 15 is 0 Å². The summed E-state index contributed by atoms with van der Waals surface area (Å²) in [5, 5.41) is 0. The highest BCUT2D eigenvalue weighted by Crippen LogP contribution is 2.78. The van der Waals surface area contributed by atoms with Crippen molar-refractivity contribution in [1.29, 1.82) is 0 Å². The molecule has 0 fully saturated rings. The molecule has 16 heteroatoms. The highest BCUT2D eigenvalue weighted by molar-refractivity contribution is 7.84. The van der Waals surface area contributed by atoms with Crippen molar-refractivity contribution in [3.05, 3.63) is 0 Å². The van der Waals surface area contributed by atoms with Gasteiger partial charge in [0.1, 0.15) is 14.7 Å². The van der Waals surface area contributed by atoms with Gasteiger partial charge in [0, 0.05) is 7.05 Å². The van der Waals surface area contributed by atoms with Gasteiger partial charge in [-0.15, -0.1) is 0 Å². The second-order valence-electron chi connectivity index (χ2n) is 10.4. The summed E-state index contributed by atoms with van der Waals surface area (Å²) < 4.78 is 40.5. The highest BCUT2D eigenvalue weighted by atomic mass is 31.3. The van der Waals surface area contributed by atoms with Crippen molar-refractivity contribution in [3.63, 3.8) is 0 Å². The Labute approximate surface area is 212 Å². The maximum Gasteiger partial charge on any atom is 0.307 e. The van der Waals surface area contributed by atoms with Crippen LogP contribution in [0.25, 0.3) is 0 Å². The fourth-order valence-electron chi connectivity index (χ4n) is 3.03. The van der Waals surface area contributed by atoms with Crippen molar-refractivity contribution in [1.82, 2.24) is 28.0 Å². The van der Waals surface area contributed by atoms with Crippen LogP contribution in [0.3, 0.4) is 0 Å². The Hall–Kier alpha value is 0.910. The van der Waals surface area contributed by atoms with Crippen molar-refractivity contribution in [2.24, 2.45) is 22.8 Å². The zero-order valence-corrected chi connectivity index (χ0v) is 29.6. The molecule has 0 amide bonds. The summed E-state index contributed by atoms with van der Waals surface area (Å²) in [5.74, 6) is 0. The molecule has 0 aromatic heterocycles. The molecule has 206 valence electrons. The Kier molecular flexibility index (Phi) is 13.0. The topological polar surface area (TPSA) is 81.2 Å². The third kappa shape index (κ3) is 8.20. The molecule has 0 unspecified atom stereocenters. The summed E-state index contributed by atoms with van der Waals surface area (Å²) in [6.45, 7) is 11.1. The summed E-state index contributed by atoms with van der Waals surface area (Å²) in [5.41, 5.74) is 0. The third-order valence-electron chi connectivity index (χ3n) is 5.58. The van der Waals surface area contributed by atoms with Gasteiger partial charge in [0.25, 0.3) is 0 Å². The van der Waals surface area contributed by atoms with Crippen molar-refractivity contribution in [2.75, 3.05) is 125 Å². The summed E-state index contributed by atoms with van der Waals surface area (Å²) in [6, 6.07) is 0. The molecule has 0 aromatic carbocycles. The summed E-state index contributed by atoms with van der Waals surface area (Å²) >= 11 is 0.